The van der Waals surface area contributed by atoms with E-state index in [0.717, 1.165) is 5.56 Å². The van der Waals surface area contributed by atoms with Crippen LogP contribution in [0.15, 0.2) is 42.5 Å². The Balaban J connectivity index is 1.95. The molecule has 2 aromatic carbocycles. The van der Waals surface area contributed by atoms with Crippen molar-refractivity contribution in [1.29, 1.82) is 5.26 Å². The van der Waals surface area contributed by atoms with Gasteiger partial charge in [0.05, 0.1) is 31.9 Å². The monoisotopic (exact) mass is 325 g/mol. The quantitative estimate of drug-likeness (QED) is 0.818. The summed E-state index contributed by atoms with van der Waals surface area (Å²) >= 11 is 0. The van der Waals surface area contributed by atoms with Crippen LogP contribution in [0.2, 0.25) is 0 Å². The first kappa shape index (κ1) is 17.3. The standard InChI is InChI=1S/C18H19N3O3/c1-23-12-13-6-7-15(8-14(13)10-19)20-11-18(22)21-16-4-3-5-17(9-16)24-2/h3-9,20H,11-12H2,1-2H3,(H,21,22). The first-order valence-corrected chi connectivity index (χ1v) is 7.36. The van der Waals surface area contributed by atoms with Crippen LogP contribution < -0.4 is 15.4 Å². The molecule has 124 valence electrons. The summed E-state index contributed by atoms with van der Waals surface area (Å²) in [4.78, 5) is 12.0. The van der Waals surface area contributed by atoms with Crippen LogP contribution in [0.5, 0.6) is 5.75 Å². The number of rotatable bonds is 7. The molecule has 0 aromatic heterocycles. The minimum Gasteiger partial charge on any atom is -0.497 e. The van der Waals surface area contributed by atoms with Crippen LogP contribution in [0.1, 0.15) is 11.1 Å². The minimum absolute atomic E-state index is 0.0890. The summed E-state index contributed by atoms with van der Waals surface area (Å²) in [5.74, 6) is 0.482. The van der Waals surface area contributed by atoms with Crippen LogP contribution >= 0.6 is 0 Å². The second-order valence-corrected chi connectivity index (χ2v) is 5.05. The van der Waals surface area contributed by atoms with Crippen LogP contribution in [-0.4, -0.2) is 26.7 Å². The van der Waals surface area contributed by atoms with Gasteiger partial charge in [-0.2, -0.15) is 5.26 Å². The highest BCUT2D eigenvalue weighted by molar-refractivity contribution is 5.93. The summed E-state index contributed by atoms with van der Waals surface area (Å²) in [6, 6.07) is 14.6. The normalized spacial score (nSPS) is 9.88. The fourth-order valence-corrected chi connectivity index (χ4v) is 2.16. The Kier molecular flexibility index (Phi) is 6.17. The molecule has 0 radical (unpaired) electrons. The van der Waals surface area contributed by atoms with E-state index in [0.29, 0.717) is 29.3 Å². The fourth-order valence-electron chi connectivity index (χ4n) is 2.16. The molecular formula is C18H19N3O3. The summed E-state index contributed by atoms with van der Waals surface area (Å²) in [6.45, 7) is 0.463. The average Bonchev–Trinajstić information content (AvgIpc) is 2.61. The van der Waals surface area contributed by atoms with E-state index in [1.807, 2.05) is 12.1 Å². The molecule has 0 atom stereocenters. The molecule has 2 N–H and O–H groups in total. The van der Waals surface area contributed by atoms with Crippen LogP contribution in [0.4, 0.5) is 11.4 Å². The van der Waals surface area contributed by atoms with Crippen molar-refractivity contribution in [1.82, 2.24) is 0 Å². The average molecular weight is 325 g/mol. The van der Waals surface area contributed by atoms with Crippen LogP contribution in [0.3, 0.4) is 0 Å². The molecule has 0 aliphatic heterocycles. The lowest BCUT2D eigenvalue weighted by Gasteiger charge is -2.10. The van der Waals surface area contributed by atoms with Gasteiger partial charge < -0.3 is 20.1 Å². The molecule has 2 rings (SSSR count). The van der Waals surface area contributed by atoms with Crippen molar-refractivity contribution < 1.29 is 14.3 Å². The summed E-state index contributed by atoms with van der Waals surface area (Å²) in [5.41, 5.74) is 2.70. The number of ether oxygens (including phenoxy) is 2. The first-order chi connectivity index (χ1) is 11.7. The molecule has 24 heavy (non-hydrogen) atoms. The Morgan fingerprint density at radius 1 is 1.17 bits per heavy atom. The van der Waals surface area contributed by atoms with Gasteiger partial charge in [0.25, 0.3) is 0 Å². The number of carbonyl (C=O) groups excluding carboxylic acids is 1. The predicted molar refractivity (Wildman–Crippen MR) is 92.0 cm³/mol. The highest BCUT2D eigenvalue weighted by Crippen LogP contribution is 2.18. The first-order valence-electron chi connectivity index (χ1n) is 7.36. The summed E-state index contributed by atoms with van der Waals surface area (Å²) in [7, 11) is 3.15. The van der Waals surface area contributed by atoms with Crippen molar-refractivity contribution in [2.45, 2.75) is 6.61 Å². The number of nitrogens with one attached hydrogen (secondary N) is 2. The van der Waals surface area contributed by atoms with Gasteiger partial charge in [0.2, 0.25) is 5.91 Å². The highest BCUT2D eigenvalue weighted by Gasteiger charge is 2.06. The third-order valence-electron chi connectivity index (χ3n) is 3.34. The molecule has 0 unspecified atom stereocenters. The predicted octanol–water partition coefficient (Wildman–Crippen LogP) is 2.76. The van der Waals surface area contributed by atoms with E-state index < -0.39 is 0 Å². The van der Waals surface area contributed by atoms with Gasteiger partial charge in [0, 0.05) is 24.6 Å². The maximum absolute atomic E-state index is 12.0. The smallest absolute Gasteiger partial charge is 0.243 e. The Labute approximate surface area is 141 Å². The zero-order valence-electron chi connectivity index (χ0n) is 13.6. The van der Waals surface area contributed by atoms with Gasteiger partial charge in [-0.05, 0) is 29.8 Å². The lowest BCUT2D eigenvalue weighted by Crippen LogP contribution is -2.21. The van der Waals surface area contributed by atoms with E-state index in [9.17, 15) is 4.79 Å². The molecule has 0 saturated heterocycles. The van der Waals surface area contributed by atoms with E-state index in [-0.39, 0.29) is 12.5 Å². The Bertz CT molecular complexity index is 753. The van der Waals surface area contributed by atoms with Gasteiger partial charge >= 0.3 is 0 Å². The molecule has 0 bridgehead atoms. The largest absolute Gasteiger partial charge is 0.497 e. The number of nitriles is 1. The zero-order chi connectivity index (χ0) is 17.4. The SMILES string of the molecule is COCc1ccc(NCC(=O)Nc2cccc(OC)c2)cc1C#N. The number of nitrogens with zero attached hydrogens (tertiary/aromatic N) is 1. The van der Waals surface area contributed by atoms with E-state index >= 15 is 0 Å². The van der Waals surface area contributed by atoms with E-state index in [1.165, 1.54) is 0 Å². The molecule has 0 aliphatic carbocycles. The van der Waals surface area contributed by atoms with Gasteiger partial charge in [-0.3, -0.25) is 4.79 Å². The van der Waals surface area contributed by atoms with Crippen molar-refractivity contribution in [3.63, 3.8) is 0 Å². The van der Waals surface area contributed by atoms with Crippen LogP contribution in [0.25, 0.3) is 0 Å². The maximum atomic E-state index is 12.0. The van der Waals surface area contributed by atoms with Crippen molar-refractivity contribution in [3.8, 4) is 11.8 Å². The minimum atomic E-state index is -0.192. The summed E-state index contributed by atoms with van der Waals surface area (Å²) < 4.78 is 10.2. The molecule has 0 heterocycles. The zero-order valence-corrected chi connectivity index (χ0v) is 13.6. The van der Waals surface area contributed by atoms with Crippen molar-refractivity contribution in [3.05, 3.63) is 53.6 Å². The Morgan fingerprint density at radius 2 is 2.00 bits per heavy atom. The number of benzene rings is 2. The number of carbonyl (C=O) groups is 1. The van der Waals surface area contributed by atoms with Gasteiger partial charge in [0.15, 0.2) is 0 Å². The van der Waals surface area contributed by atoms with E-state index in [1.54, 1.807) is 44.6 Å². The molecule has 2 aromatic rings. The lowest BCUT2D eigenvalue weighted by atomic mass is 10.1. The van der Waals surface area contributed by atoms with Crippen molar-refractivity contribution in [2.75, 3.05) is 31.4 Å². The molecule has 0 fully saturated rings. The molecule has 6 heteroatoms. The van der Waals surface area contributed by atoms with Crippen LogP contribution in [0, 0.1) is 11.3 Å². The topological polar surface area (TPSA) is 83.4 Å². The summed E-state index contributed by atoms with van der Waals surface area (Å²) in [6.07, 6.45) is 0. The van der Waals surface area contributed by atoms with Gasteiger partial charge in [0.1, 0.15) is 5.75 Å². The van der Waals surface area contributed by atoms with Gasteiger partial charge in [-0.25, -0.2) is 0 Å². The molecule has 0 aliphatic rings. The number of amides is 1. The van der Waals surface area contributed by atoms with Crippen LogP contribution in [-0.2, 0) is 16.1 Å². The number of hydrogen-bond acceptors (Lipinski definition) is 5. The maximum Gasteiger partial charge on any atom is 0.243 e. The van der Waals surface area contributed by atoms with Crippen molar-refractivity contribution >= 4 is 17.3 Å². The second-order valence-electron chi connectivity index (χ2n) is 5.05. The number of hydrogen-bond donors (Lipinski definition) is 2. The number of anilines is 2. The highest BCUT2D eigenvalue weighted by atomic mass is 16.5. The number of methoxy groups -OCH3 is 2. The van der Waals surface area contributed by atoms with E-state index in [2.05, 4.69) is 16.7 Å². The molecule has 0 spiro atoms. The fraction of sp³-hybridized carbons (Fsp3) is 0.222. The third kappa shape index (κ3) is 4.73. The Morgan fingerprint density at radius 3 is 2.71 bits per heavy atom. The molecule has 0 saturated carbocycles. The Hall–Kier alpha value is -3.04. The van der Waals surface area contributed by atoms with Gasteiger partial charge in [-0.15, -0.1) is 0 Å². The molecule has 6 nitrogen and oxygen atoms in total. The van der Waals surface area contributed by atoms with E-state index in [4.69, 9.17) is 14.7 Å². The lowest BCUT2D eigenvalue weighted by molar-refractivity contribution is -0.114. The van der Waals surface area contributed by atoms with Gasteiger partial charge in [-0.1, -0.05) is 12.1 Å². The van der Waals surface area contributed by atoms with Crippen molar-refractivity contribution in [2.24, 2.45) is 0 Å². The summed E-state index contributed by atoms with van der Waals surface area (Å²) in [5, 5.41) is 14.9. The third-order valence-corrected chi connectivity index (χ3v) is 3.34. The molecular weight excluding hydrogens is 306 g/mol. The second kappa shape index (κ2) is 8.56. The molecule has 1 amide bonds.